The highest BCUT2D eigenvalue weighted by Gasteiger charge is 2.14. The van der Waals surface area contributed by atoms with Crippen LogP contribution in [0.4, 0.5) is 0 Å². The minimum Gasteiger partial charge on any atom is -0.345 e. The molecule has 1 aliphatic rings. The van der Waals surface area contributed by atoms with Gasteiger partial charge in [-0.05, 0) is 35.6 Å². The minimum absolute atomic E-state index is 0. The molecule has 1 aromatic heterocycles. The lowest BCUT2D eigenvalue weighted by molar-refractivity contribution is 1.08. The Morgan fingerprint density at radius 3 is 2.88 bits per heavy atom. The lowest BCUT2D eigenvalue weighted by Crippen LogP contribution is -1.79. The zero-order valence-electron chi connectivity index (χ0n) is 8.81. The topological polar surface area (TPSA) is 28.7 Å². The number of halogens is 1. The third kappa shape index (κ3) is 1.89. The van der Waals surface area contributed by atoms with E-state index in [1.165, 1.54) is 16.7 Å². The molecule has 0 saturated carbocycles. The third-order valence-electron chi connectivity index (χ3n) is 2.88. The van der Waals surface area contributed by atoms with Gasteiger partial charge in [-0.3, -0.25) is 0 Å². The van der Waals surface area contributed by atoms with E-state index in [1.807, 2.05) is 6.20 Å². The quantitative estimate of drug-likeness (QED) is 0.803. The number of hydrogen-bond acceptors (Lipinski definition) is 1. The molecule has 0 bridgehead atoms. The highest BCUT2D eigenvalue weighted by molar-refractivity contribution is 5.85. The second-order valence-electron chi connectivity index (χ2n) is 3.83. The Kier molecular flexibility index (Phi) is 3.11. The maximum absolute atomic E-state index is 4.02. The number of aromatic amines is 1. The van der Waals surface area contributed by atoms with Gasteiger partial charge >= 0.3 is 0 Å². The molecule has 0 unspecified atom stereocenters. The molecule has 0 aliphatic heterocycles. The molecule has 0 fully saturated rings. The summed E-state index contributed by atoms with van der Waals surface area (Å²) in [4.78, 5) is 7.13. The molecule has 1 aliphatic carbocycles. The van der Waals surface area contributed by atoms with Gasteiger partial charge in [-0.25, -0.2) is 4.98 Å². The first-order valence-electron chi connectivity index (χ1n) is 5.21. The van der Waals surface area contributed by atoms with Gasteiger partial charge in [-0.15, -0.1) is 12.4 Å². The summed E-state index contributed by atoms with van der Waals surface area (Å²) >= 11 is 0. The zero-order valence-corrected chi connectivity index (χ0v) is 9.63. The van der Waals surface area contributed by atoms with Crippen molar-refractivity contribution in [2.24, 2.45) is 0 Å². The molecule has 16 heavy (non-hydrogen) atoms. The average Bonchev–Trinajstić information content (AvgIpc) is 2.89. The minimum atomic E-state index is 0. The molecular weight excluding hydrogens is 220 g/mol. The van der Waals surface area contributed by atoms with Crippen molar-refractivity contribution >= 4 is 24.1 Å². The number of benzene rings is 1. The van der Waals surface area contributed by atoms with Gasteiger partial charge in [0.2, 0.25) is 0 Å². The van der Waals surface area contributed by atoms with Crippen LogP contribution in [-0.2, 0) is 6.42 Å². The van der Waals surface area contributed by atoms with Gasteiger partial charge < -0.3 is 4.98 Å². The Labute approximate surface area is 101 Å². The molecule has 1 heterocycles. The van der Waals surface area contributed by atoms with Crippen molar-refractivity contribution in [2.45, 2.75) is 12.8 Å². The summed E-state index contributed by atoms with van der Waals surface area (Å²) in [6, 6.07) is 8.62. The molecule has 0 saturated heterocycles. The average molecular weight is 233 g/mol. The summed E-state index contributed by atoms with van der Waals surface area (Å²) in [6.07, 6.45) is 8.06. The second-order valence-corrected chi connectivity index (χ2v) is 3.83. The van der Waals surface area contributed by atoms with Crippen LogP contribution in [0.25, 0.3) is 11.6 Å². The van der Waals surface area contributed by atoms with Crippen molar-refractivity contribution in [1.82, 2.24) is 9.97 Å². The van der Waals surface area contributed by atoms with Crippen LogP contribution in [0.2, 0.25) is 0 Å². The van der Waals surface area contributed by atoms with Gasteiger partial charge in [0.05, 0.1) is 18.2 Å². The number of H-pyrrole nitrogens is 1. The van der Waals surface area contributed by atoms with Crippen molar-refractivity contribution in [3.8, 4) is 0 Å². The van der Waals surface area contributed by atoms with Crippen LogP contribution in [0.1, 0.15) is 23.2 Å². The number of hydrogen-bond donors (Lipinski definition) is 1. The maximum Gasteiger partial charge on any atom is 0.0924 e. The normalized spacial score (nSPS) is 15.9. The van der Waals surface area contributed by atoms with Crippen LogP contribution in [0, 0.1) is 0 Å². The number of allylic oxidation sites excluding steroid dienone is 1. The largest absolute Gasteiger partial charge is 0.345 e. The summed E-state index contributed by atoms with van der Waals surface area (Å²) in [6.45, 7) is 0. The lowest BCUT2D eigenvalue weighted by atomic mass is 10.1. The molecule has 1 N–H and O–H groups in total. The van der Waals surface area contributed by atoms with Crippen molar-refractivity contribution in [3.63, 3.8) is 0 Å². The number of fused-ring (bicyclic) bond motifs is 1. The van der Waals surface area contributed by atoms with Gasteiger partial charge in [-0.2, -0.15) is 0 Å². The van der Waals surface area contributed by atoms with E-state index in [2.05, 4.69) is 40.3 Å². The summed E-state index contributed by atoms with van der Waals surface area (Å²) in [5.41, 5.74) is 5.35. The van der Waals surface area contributed by atoms with Crippen molar-refractivity contribution in [2.75, 3.05) is 0 Å². The summed E-state index contributed by atoms with van der Waals surface area (Å²) in [5.74, 6) is 0. The van der Waals surface area contributed by atoms with Crippen LogP contribution in [-0.4, -0.2) is 9.97 Å². The molecule has 0 spiro atoms. The van der Waals surface area contributed by atoms with E-state index in [4.69, 9.17) is 0 Å². The van der Waals surface area contributed by atoms with E-state index >= 15 is 0 Å². The number of aromatic nitrogens is 2. The maximum atomic E-state index is 4.02. The van der Waals surface area contributed by atoms with Crippen molar-refractivity contribution in [3.05, 3.63) is 53.6 Å². The molecule has 0 amide bonds. The van der Waals surface area contributed by atoms with E-state index in [9.17, 15) is 0 Å². The van der Waals surface area contributed by atoms with Gasteiger partial charge in [0, 0.05) is 0 Å². The number of nitrogens with zero attached hydrogens (tertiary/aromatic N) is 1. The van der Waals surface area contributed by atoms with Gasteiger partial charge in [0.25, 0.3) is 0 Å². The molecule has 0 radical (unpaired) electrons. The Morgan fingerprint density at radius 1 is 1.19 bits per heavy atom. The van der Waals surface area contributed by atoms with Crippen LogP contribution in [0.15, 0.2) is 36.8 Å². The molecular formula is C13H13ClN2. The molecule has 82 valence electrons. The molecule has 3 heteroatoms. The highest BCUT2D eigenvalue weighted by Crippen LogP contribution is 2.32. The summed E-state index contributed by atoms with van der Waals surface area (Å²) < 4.78 is 0. The molecule has 3 rings (SSSR count). The number of nitrogens with one attached hydrogen (secondary N) is 1. The smallest absolute Gasteiger partial charge is 0.0924 e. The number of aryl methyl sites for hydroxylation is 1. The van der Waals surface area contributed by atoms with E-state index < -0.39 is 0 Å². The first kappa shape index (κ1) is 11.0. The van der Waals surface area contributed by atoms with Crippen LogP contribution < -0.4 is 0 Å². The van der Waals surface area contributed by atoms with E-state index in [1.54, 1.807) is 6.33 Å². The monoisotopic (exact) mass is 232 g/mol. The summed E-state index contributed by atoms with van der Waals surface area (Å²) in [5, 5.41) is 0. The molecule has 0 atom stereocenters. The molecule has 2 nitrogen and oxygen atoms in total. The lowest BCUT2D eigenvalue weighted by Gasteiger charge is -1.99. The predicted octanol–water partition coefficient (Wildman–Crippen LogP) is 3.32. The fourth-order valence-corrected chi connectivity index (χ4v) is 2.14. The SMILES string of the molecule is C(=C1/CCc2ccccc21)/c1cnc[nH]1.Cl. The predicted molar refractivity (Wildman–Crippen MR) is 68.5 cm³/mol. The molecule has 1 aromatic carbocycles. The highest BCUT2D eigenvalue weighted by atomic mass is 35.5. The second kappa shape index (κ2) is 4.54. The van der Waals surface area contributed by atoms with Crippen LogP contribution in [0.5, 0.6) is 0 Å². The zero-order chi connectivity index (χ0) is 10.1. The Balaban J connectivity index is 0.000000963. The van der Waals surface area contributed by atoms with Gasteiger partial charge in [0.15, 0.2) is 0 Å². The van der Waals surface area contributed by atoms with Crippen LogP contribution >= 0.6 is 12.4 Å². The Morgan fingerprint density at radius 2 is 2.06 bits per heavy atom. The first-order valence-corrected chi connectivity index (χ1v) is 5.21. The van der Waals surface area contributed by atoms with Crippen molar-refractivity contribution in [1.29, 1.82) is 0 Å². The number of rotatable bonds is 1. The standard InChI is InChI=1S/C13H12N2.ClH/c1-2-4-13-10(3-1)5-6-11(13)7-12-8-14-9-15-12;/h1-4,7-9H,5-6H2,(H,14,15);1H/b11-7+;. The van der Waals surface area contributed by atoms with Gasteiger partial charge in [0.1, 0.15) is 0 Å². The first-order chi connectivity index (χ1) is 7.43. The number of imidazole rings is 1. The van der Waals surface area contributed by atoms with E-state index in [-0.39, 0.29) is 12.4 Å². The van der Waals surface area contributed by atoms with E-state index in [0.717, 1.165) is 18.5 Å². The van der Waals surface area contributed by atoms with Gasteiger partial charge in [-0.1, -0.05) is 24.3 Å². The fourth-order valence-electron chi connectivity index (χ4n) is 2.14. The third-order valence-corrected chi connectivity index (χ3v) is 2.88. The van der Waals surface area contributed by atoms with Crippen molar-refractivity contribution < 1.29 is 0 Å². The Hall–Kier alpha value is -1.54. The summed E-state index contributed by atoms with van der Waals surface area (Å²) in [7, 11) is 0. The van der Waals surface area contributed by atoms with Crippen LogP contribution in [0.3, 0.4) is 0 Å². The fraction of sp³-hybridized carbons (Fsp3) is 0.154. The Bertz CT molecular complexity index is 500. The van der Waals surface area contributed by atoms with E-state index in [0.29, 0.717) is 0 Å². The molecule has 2 aromatic rings.